The monoisotopic (exact) mass is 569 g/mol. The first-order chi connectivity index (χ1) is 19.2. The maximum Gasteiger partial charge on any atom is 0.333 e. The number of carbonyl (C=O) groups excluding carboxylic acids is 3. The number of ether oxygens (including phenoxy) is 1. The fourth-order valence-electron chi connectivity index (χ4n) is 4.17. The maximum atomic E-state index is 15.0. The number of hydrogen-bond acceptors (Lipinski definition) is 10. The number of halogens is 1. The summed E-state index contributed by atoms with van der Waals surface area (Å²) in [6.45, 7) is 3.35. The lowest BCUT2D eigenvalue weighted by molar-refractivity contribution is -0.140. The van der Waals surface area contributed by atoms with Crippen molar-refractivity contribution < 1.29 is 33.4 Å². The first-order valence-electron chi connectivity index (χ1n) is 12.6. The number of amides is 1. The van der Waals surface area contributed by atoms with Crippen molar-refractivity contribution in [1.82, 2.24) is 14.7 Å². The summed E-state index contributed by atoms with van der Waals surface area (Å²) >= 11 is 1.04. The van der Waals surface area contributed by atoms with Gasteiger partial charge in [0.05, 0.1) is 11.6 Å². The summed E-state index contributed by atoms with van der Waals surface area (Å²) in [7, 11) is 0. The molecule has 1 aliphatic rings. The summed E-state index contributed by atoms with van der Waals surface area (Å²) in [5.74, 6) is -4.03. The Morgan fingerprint density at radius 2 is 1.90 bits per heavy atom. The van der Waals surface area contributed by atoms with E-state index in [2.05, 4.69) is 19.6 Å². The van der Waals surface area contributed by atoms with E-state index in [0.29, 0.717) is 17.1 Å². The normalized spacial score (nSPS) is 14.4. The van der Waals surface area contributed by atoms with Gasteiger partial charge in [0.15, 0.2) is 23.7 Å². The van der Waals surface area contributed by atoms with Gasteiger partial charge in [0, 0.05) is 36.3 Å². The molecule has 4 N–H and O–H groups in total. The number of benzene rings is 2. The van der Waals surface area contributed by atoms with Gasteiger partial charge in [-0.15, -0.1) is 0 Å². The number of hydrogen-bond donors (Lipinski definition) is 3. The molecule has 0 saturated carbocycles. The number of esters is 1. The van der Waals surface area contributed by atoms with E-state index in [4.69, 9.17) is 15.6 Å². The van der Waals surface area contributed by atoms with Gasteiger partial charge in [0.1, 0.15) is 11.0 Å². The number of carboxylic acids is 1. The molecule has 2 unspecified atom stereocenters. The molecule has 1 aliphatic heterocycles. The van der Waals surface area contributed by atoms with Gasteiger partial charge in [-0.05, 0) is 74.1 Å². The molecular formula is C27H28FN5O6S. The van der Waals surface area contributed by atoms with Crippen LogP contribution in [0, 0.1) is 5.82 Å². The topological polar surface area (TPSA) is 165 Å². The Kier molecular flexibility index (Phi) is 9.17. The molecule has 0 aliphatic carbocycles. The minimum absolute atomic E-state index is 0.133. The van der Waals surface area contributed by atoms with Crippen LogP contribution in [0.5, 0.6) is 5.75 Å². The molecule has 3 aromatic rings. The summed E-state index contributed by atoms with van der Waals surface area (Å²) in [4.78, 5) is 53.8. The first kappa shape index (κ1) is 28.8. The fourth-order valence-corrected chi connectivity index (χ4v) is 4.84. The Bertz CT molecular complexity index is 1410. The number of nitrogens with two attached hydrogens (primary N) is 1. The minimum atomic E-state index is -1.25. The van der Waals surface area contributed by atoms with Crippen LogP contribution >= 0.6 is 11.5 Å². The highest BCUT2D eigenvalue weighted by Gasteiger charge is 2.25. The van der Waals surface area contributed by atoms with E-state index < -0.39 is 41.5 Å². The predicted molar refractivity (Wildman–Crippen MR) is 146 cm³/mol. The molecule has 4 rings (SSSR count). The van der Waals surface area contributed by atoms with Crippen LogP contribution < -0.4 is 20.7 Å². The van der Waals surface area contributed by atoms with Crippen LogP contribution in [-0.4, -0.2) is 63.8 Å². The molecule has 1 aromatic heterocycles. The molecule has 1 saturated heterocycles. The molecule has 0 spiro atoms. The zero-order chi connectivity index (χ0) is 28.8. The molecule has 13 heteroatoms. The standard InChI is InChI=1S/C27H28FN5O6S/c1-15(30-25(37)21(29)8-9-22(35)36)27(38)39-23-18(14-34)12-17(13-20(23)28)26-31-24(32-40-26)16-4-6-19(7-5-16)33-10-2-3-11-33/h4-7,12-15,21H,2-3,8-11,29H2,1H3,(H,30,37)(H,35,36). The van der Waals surface area contributed by atoms with Crippen LogP contribution in [0.4, 0.5) is 10.1 Å². The van der Waals surface area contributed by atoms with Crippen molar-refractivity contribution >= 4 is 41.4 Å². The average molecular weight is 570 g/mol. The minimum Gasteiger partial charge on any atom is -0.481 e. The third kappa shape index (κ3) is 6.85. The SMILES string of the molecule is CC(NC(=O)C(N)CCC(=O)O)C(=O)Oc1c(F)cc(-c2nc(-c3ccc(N4CCCC4)cc3)ns2)cc1C=O. The van der Waals surface area contributed by atoms with Crippen LogP contribution in [0.15, 0.2) is 36.4 Å². The summed E-state index contributed by atoms with van der Waals surface area (Å²) < 4.78 is 24.5. The van der Waals surface area contributed by atoms with Crippen LogP contribution in [0.1, 0.15) is 43.0 Å². The van der Waals surface area contributed by atoms with E-state index >= 15 is 4.39 Å². The summed E-state index contributed by atoms with van der Waals surface area (Å²) in [6.07, 6.45) is 2.24. The highest BCUT2D eigenvalue weighted by Crippen LogP contribution is 2.32. The third-order valence-electron chi connectivity index (χ3n) is 6.39. The second-order valence-corrected chi connectivity index (χ2v) is 10.1. The van der Waals surface area contributed by atoms with Crippen LogP contribution in [0.2, 0.25) is 0 Å². The second kappa shape index (κ2) is 12.7. The molecule has 2 aromatic carbocycles. The van der Waals surface area contributed by atoms with Crippen molar-refractivity contribution in [2.75, 3.05) is 18.0 Å². The predicted octanol–water partition coefficient (Wildman–Crippen LogP) is 3.03. The Morgan fingerprint density at radius 3 is 2.55 bits per heavy atom. The molecule has 40 heavy (non-hydrogen) atoms. The lowest BCUT2D eigenvalue weighted by Gasteiger charge is -2.17. The number of aromatic nitrogens is 2. The molecule has 11 nitrogen and oxygen atoms in total. The molecule has 0 bridgehead atoms. The molecular weight excluding hydrogens is 541 g/mol. The average Bonchev–Trinajstić information content (AvgIpc) is 3.65. The number of carbonyl (C=O) groups is 4. The van der Waals surface area contributed by atoms with Crippen LogP contribution in [0.25, 0.3) is 22.0 Å². The molecule has 1 fully saturated rings. The van der Waals surface area contributed by atoms with Gasteiger partial charge in [-0.1, -0.05) is 0 Å². The van der Waals surface area contributed by atoms with Crippen LogP contribution in [-0.2, 0) is 14.4 Å². The van der Waals surface area contributed by atoms with Crippen molar-refractivity contribution in [2.45, 2.75) is 44.7 Å². The summed E-state index contributed by atoms with van der Waals surface area (Å²) in [5, 5.41) is 11.4. The van der Waals surface area contributed by atoms with Gasteiger partial charge >= 0.3 is 11.9 Å². The van der Waals surface area contributed by atoms with Gasteiger partial charge in [-0.3, -0.25) is 14.4 Å². The summed E-state index contributed by atoms with van der Waals surface area (Å²) in [6, 6.07) is 7.91. The van der Waals surface area contributed by atoms with Crippen molar-refractivity contribution in [3.05, 3.63) is 47.8 Å². The largest absolute Gasteiger partial charge is 0.481 e. The second-order valence-electron chi connectivity index (χ2n) is 9.35. The highest BCUT2D eigenvalue weighted by molar-refractivity contribution is 7.09. The first-order valence-corrected chi connectivity index (χ1v) is 13.4. The lowest BCUT2D eigenvalue weighted by Crippen LogP contribution is -2.48. The van der Waals surface area contributed by atoms with Crippen molar-refractivity contribution in [1.29, 1.82) is 0 Å². The van der Waals surface area contributed by atoms with E-state index in [1.165, 1.54) is 25.8 Å². The number of aldehydes is 1. The number of aliphatic carboxylic acids is 1. The Labute approximate surface area is 233 Å². The Hall–Kier alpha value is -4.23. The highest BCUT2D eigenvalue weighted by atomic mass is 32.1. The van der Waals surface area contributed by atoms with Gasteiger partial charge < -0.3 is 25.8 Å². The molecule has 2 heterocycles. The molecule has 2 atom stereocenters. The quantitative estimate of drug-likeness (QED) is 0.178. The zero-order valence-corrected chi connectivity index (χ0v) is 22.4. The molecule has 0 radical (unpaired) electrons. The van der Waals surface area contributed by atoms with E-state index in [-0.39, 0.29) is 24.0 Å². The number of anilines is 1. The molecule has 210 valence electrons. The van der Waals surface area contributed by atoms with E-state index in [9.17, 15) is 19.2 Å². The lowest BCUT2D eigenvalue weighted by atomic mass is 10.1. The van der Waals surface area contributed by atoms with Crippen LogP contribution in [0.3, 0.4) is 0 Å². The number of nitrogens with one attached hydrogen (secondary N) is 1. The summed E-state index contributed by atoms with van der Waals surface area (Å²) in [5.41, 5.74) is 7.61. The van der Waals surface area contributed by atoms with Crippen molar-refractivity contribution in [3.8, 4) is 27.7 Å². The smallest absolute Gasteiger partial charge is 0.333 e. The number of nitrogens with zero attached hydrogens (tertiary/aromatic N) is 3. The zero-order valence-electron chi connectivity index (χ0n) is 21.6. The van der Waals surface area contributed by atoms with Gasteiger partial charge in [-0.25, -0.2) is 14.2 Å². The van der Waals surface area contributed by atoms with E-state index in [1.54, 1.807) is 0 Å². The van der Waals surface area contributed by atoms with E-state index in [0.717, 1.165) is 41.9 Å². The number of rotatable bonds is 11. The Balaban J connectivity index is 1.45. The third-order valence-corrected chi connectivity index (χ3v) is 7.15. The maximum absolute atomic E-state index is 15.0. The van der Waals surface area contributed by atoms with Gasteiger partial charge in [-0.2, -0.15) is 4.37 Å². The van der Waals surface area contributed by atoms with Gasteiger partial charge in [0.25, 0.3) is 0 Å². The van der Waals surface area contributed by atoms with Crippen molar-refractivity contribution in [3.63, 3.8) is 0 Å². The number of carboxylic acid groups (broad SMARTS) is 1. The van der Waals surface area contributed by atoms with Crippen molar-refractivity contribution in [2.24, 2.45) is 5.73 Å². The fraction of sp³-hybridized carbons (Fsp3) is 0.333. The van der Waals surface area contributed by atoms with Gasteiger partial charge in [0.2, 0.25) is 5.91 Å². The molecule has 1 amide bonds. The Morgan fingerprint density at radius 1 is 1.20 bits per heavy atom. The van der Waals surface area contributed by atoms with E-state index in [1.807, 2.05) is 24.3 Å².